The van der Waals surface area contributed by atoms with Crippen LogP contribution in [0.3, 0.4) is 0 Å². The molecule has 1 amide bonds. The van der Waals surface area contributed by atoms with E-state index in [0.29, 0.717) is 30.0 Å². The summed E-state index contributed by atoms with van der Waals surface area (Å²) in [6.45, 7) is 0. The summed E-state index contributed by atoms with van der Waals surface area (Å²) in [5.74, 6) is -1.09. The molecule has 1 aliphatic rings. The lowest BCUT2D eigenvalue weighted by Gasteiger charge is -2.12. The van der Waals surface area contributed by atoms with Crippen LogP contribution in [0.15, 0.2) is 53.1 Å². The monoisotopic (exact) mass is 370 g/mol. The summed E-state index contributed by atoms with van der Waals surface area (Å²) in [5.41, 5.74) is 0.679. The first-order valence-electron chi connectivity index (χ1n) is 8.40. The number of nitrogens with one attached hydrogen (secondary N) is 1. The van der Waals surface area contributed by atoms with E-state index in [1.54, 1.807) is 13.2 Å². The minimum Gasteiger partial charge on any atom is -0.497 e. The summed E-state index contributed by atoms with van der Waals surface area (Å²) in [4.78, 5) is 12.7. The molecule has 7 heteroatoms. The standard InChI is InChI=1S/C20H16F2N2O3/c1-26-14-4-2-3-12(9-14)17-11-18(24-27-17)20(7-8-20)19(25)23-13-5-6-15(21)16(22)10-13/h2-6,9-11H,7-8H2,1H3,(H,23,25). The first kappa shape index (κ1) is 17.2. The highest BCUT2D eigenvalue weighted by Gasteiger charge is 2.53. The van der Waals surface area contributed by atoms with Gasteiger partial charge in [-0.3, -0.25) is 4.79 Å². The molecule has 3 aromatic rings. The van der Waals surface area contributed by atoms with E-state index in [1.165, 1.54) is 6.07 Å². The van der Waals surface area contributed by atoms with Crippen molar-refractivity contribution in [2.75, 3.05) is 12.4 Å². The average Bonchev–Trinajstić information content (AvgIpc) is 3.34. The molecule has 4 rings (SSSR count). The lowest BCUT2D eigenvalue weighted by Crippen LogP contribution is -2.28. The number of rotatable bonds is 5. The van der Waals surface area contributed by atoms with Crippen LogP contribution in [0.25, 0.3) is 11.3 Å². The number of anilines is 1. The van der Waals surface area contributed by atoms with Gasteiger partial charge in [0, 0.05) is 23.4 Å². The molecular formula is C20H16F2N2O3. The smallest absolute Gasteiger partial charge is 0.236 e. The predicted molar refractivity (Wildman–Crippen MR) is 94.4 cm³/mol. The third-order valence-corrected chi connectivity index (χ3v) is 4.72. The fraction of sp³-hybridized carbons (Fsp3) is 0.200. The van der Waals surface area contributed by atoms with Gasteiger partial charge in [-0.15, -0.1) is 0 Å². The van der Waals surface area contributed by atoms with Gasteiger partial charge in [0.15, 0.2) is 17.4 Å². The summed E-state index contributed by atoms with van der Waals surface area (Å²) < 4.78 is 37.0. The molecule has 0 radical (unpaired) electrons. The fourth-order valence-corrected chi connectivity index (χ4v) is 2.96. The zero-order valence-corrected chi connectivity index (χ0v) is 14.5. The van der Waals surface area contributed by atoms with Crippen molar-refractivity contribution in [3.8, 4) is 17.1 Å². The van der Waals surface area contributed by atoms with Gasteiger partial charge in [0.25, 0.3) is 0 Å². The lowest BCUT2D eigenvalue weighted by molar-refractivity contribution is -0.118. The van der Waals surface area contributed by atoms with E-state index in [1.807, 2.05) is 24.3 Å². The summed E-state index contributed by atoms with van der Waals surface area (Å²) >= 11 is 0. The normalized spacial score (nSPS) is 14.6. The van der Waals surface area contributed by atoms with Crippen LogP contribution in [0.4, 0.5) is 14.5 Å². The molecular weight excluding hydrogens is 354 g/mol. The molecule has 0 unspecified atom stereocenters. The number of benzene rings is 2. The Bertz CT molecular complexity index is 1010. The van der Waals surface area contributed by atoms with E-state index in [4.69, 9.17) is 9.26 Å². The molecule has 1 aliphatic carbocycles. The van der Waals surface area contributed by atoms with Crippen LogP contribution in [0.2, 0.25) is 0 Å². The molecule has 1 N–H and O–H groups in total. The minimum atomic E-state index is -1.01. The maximum Gasteiger partial charge on any atom is 0.236 e. The zero-order valence-electron chi connectivity index (χ0n) is 14.5. The van der Waals surface area contributed by atoms with Crippen molar-refractivity contribution in [3.63, 3.8) is 0 Å². The Balaban J connectivity index is 1.56. The third kappa shape index (κ3) is 3.16. The van der Waals surface area contributed by atoms with E-state index in [-0.39, 0.29) is 11.6 Å². The topological polar surface area (TPSA) is 64.4 Å². The van der Waals surface area contributed by atoms with Crippen molar-refractivity contribution < 1.29 is 22.8 Å². The summed E-state index contributed by atoms with van der Waals surface area (Å²) in [6.07, 6.45) is 1.21. The second-order valence-electron chi connectivity index (χ2n) is 6.47. The molecule has 1 aromatic heterocycles. The van der Waals surface area contributed by atoms with E-state index >= 15 is 0 Å². The molecule has 2 aromatic carbocycles. The maximum absolute atomic E-state index is 13.4. The number of halogens is 2. The fourth-order valence-electron chi connectivity index (χ4n) is 2.96. The number of amides is 1. The largest absolute Gasteiger partial charge is 0.497 e. The molecule has 5 nitrogen and oxygen atoms in total. The van der Waals surface area contributed by atoms with E-state index in [0.717, 1.165) is 17.7 Å². The summed E-state index contributed by atoms with van der Waals surface area (Å²) in [5, 5.41) is 6.70. The summed E-state index contributed by atoms with van der Waals surface area (Å²) in [7, 11) is 1.58. The molecule has 0 spiro atoms. The highest BCUT2D eigenvalue weighted by Crippen LogP contribution is 2.49. The van der Waals surface area contributed by atoms with E-state index in [2.05, 4.69) is 10.5 Å². The van der Waals surface area contributed by atoms with Crippen molar-refractivity contribution in [2.45, 2.75) is 18.3 Å². The second-order valence-corrected chi connectivity index (χ2v) is 6.47. The molecule has 0 atom stereocenters. The van der Waals surface area contributed by atoms with Gasteiger partial charge >= 0.3 is 0 Å². The number of methoxy groups -OCH3 is 1. The SMILES string of the molecule is COc1cccc(-c2cc(C3(C(=O)Nc4ccc(F)c(F)c4)CC3)no2)c1. The lowest BCUT2D eigenvalue weighted by atomic mass is 10.00. The second kappa shape index (κ2) is 6.50. The molecule has 0 saturated heterocycles. The number of carbonyl (C=O) groups is 1. The van der Waals surface area contributed by atoms with Crippen LogP contribution in [-0.2, 0) is 10.2 Å². The Morgan fingerprint density at radius 1 is 1.15 bits per heavy atom. The quantitative estimate of drug-likeness (QED) is 0.727. The van der Waals surface area contributed by atoms with Crippen LogP contribution in [0.1, 0.15) is 18.5 Å². The van der Waals surface area contributed by atoms with Gasteiger partial charge in [-0.1, -0.05) is 17.3 Å². The van der Waals surface area contributed by atoms with E-state index < -0.39 is 17.0 Å². The Kier molecular flexibility index (Phi) is 4.14. The first-order valence-corrected chi connectivity index (χ1v) is 8.40. The number of ether oxygens (including phenoxy) is 1. The van der Waals surface area contributed by atoms with Gasteiger partial charge in [0.05, 0.1) is 18.2 Å². The molecule has 1 heterocycles. The predicted octanol–water partition coefficient (Wildman–Crippen LogP) is 4.30. The van der Waals surface area contributed by atoms with Crippen LogP contribution in [-0.4, -0.2) is 18.2 Å². The molecule has 0 bridgehead atoms. The molecule has 138 valence electrons. The van der Waals surface area contributed by atoms with E-state index in [9.17, 15) is 13.6 Å². The Hall–Kier alpha value is -3.22. The van der Waals surface area contributed by atoms with Crippen molar-refractivity contribution >= 4 is 11.6 Å². The van der Waals surface area contributed by atoms with Gasteiger partial charge < -0.3 is 14.6 Å². The van der Waals surface area contributed by atoms with Crippen LogP contribution >= 0.6 is 0 Å². The molecule has 0 aliphatic heterocycles. The molecule has 1 saturated carbocycles. The highest BCUT2D eigenvalue weighted by molar-refractivity contribution is 6.01. The Morgan fingerprint density at radius 2 is 1.96 bits per heavy atom. The number of nitrogens with zero attached hydrogens (tertiary/aromatic N) is 1. The first-order chi connectivity index (χ1) is 13.0. The van der Waals surface area contributed by atoms with Gasteiger partial charge in [-0.25, -0.2) is 8.78 Å². The number of hydrogen-bond acceptors (Lipinski definition) is 4. The molecule has 1 fully saturated rings. The van der Waals surface area contributed by atoms with Crippen molar-refractivity contribution in [1.29, 1.82) is 0 Å². The van der Waals surface area contributed by atoms with Crippen LogP contribution < -0.4 is 10.1 Å². The third-order valence-electron chi connectivity index (χ3n) is 4.72. The average molecular weight is 370 g/mol. The maximum atomic E-state index is 13.4. The van der Waals surface area contributed by atoms with Crippen molar-refractivity contribution in [1.82, 2.24) is 5.16 Å². The van der Waals surface area contributed by atoms with Gasteiger partial charge in [0.2, 0.25) is 5.91 Å². The zero-order chi connectivity index (χ0) is 19.0. The number of carbonyl (C=O) groups excluding carboxylic acids is 1. The van der Waals surface area contributed by atoms with Crippen molar-refractivity contribution in [3.05, 3.63) is 65.9 Å². The number of aromatic nitrogens is 1. The van der Waals surface area contributed by atoms with Crippen LogP contribution in [0, 0.1) is 11.6 Å². The van der Waals surface area contributed by atoms with Crippen LogP contribution in [0.5, 0.6) is 5.75 Å². The Labute approximate surface area is 153 Å². The van der Waals surface area contributed by atoms with Gasteiger partial charge in [-0.2, -0.15) is 0 Å². The minimum absolute atomic E-state index is 0.196. The summed E-state index contributed by atoms with van der Waals surface area (Å²) in [6, 6.07) is 12.3. The number of hydrogen-bond donors (Lipinski definition) is 1. The van der Waals surface area contributed by atoms with Crippen molar-refractivity contribution in [2.24, 2.45) is 0 Å². The molecule has 27 heavy (non-hydrogen) atoms. The van der Waals surface area contributed by atoms with Gasteiger partial charge in [-0.05, 0) is 37.1 Å². The Morgan fingerprint density at radius 3 is 2.67 bits per heavy atom. The highest BCUT2D eigenvalue weighted by atomic mass is 19.2. The van der Waals surface area contributed by atoms with Gasteiger partial charge in [0.1, 0.15) is 5.75 Å².